The molecule has 2 aromatic rings. The molecular weight excluding hydrogens is 323 g/mol. The lowest BCUT2D eigenvalue weighted by molar-refractivity contribution is 0.0696. The van der Waals surface area contributed by atoms with Crippen molar-refractivity contribution in [3.05, 3.63) is 44.7 Å². The monoisotopic (exact) mass is 330 g/mol. The van der Waals surface area contributed by atoms with Gasteiger partial charge in [0.25, 0.3) is 0 Å². The number of halogens is 3. The largest absolute Gasteiger partial charge is 0.478 e. The number of benzene rings is 1. The summed E-state index contributed by atoms with van der Waals surface area (Å²) in [4.78, 5) is 11.4. The Balaban J connectivity index is 2.16. The lowest BCUT2D eigenvalue weighted by atomic mass is 10.2. The molecule has 0 bridgehead atoms. The molecule has 0 amide bonds. The molecule has 0 saturated heterocycles. The summed E-state index contributed by atoms with van der Waals surface area (Å²) in [6, 6.07) is 4.91. The van der Waals surface area contributed by atoms with Gasteiger partial charge in [-0.05, 0) is 31.0 Å². The third-order valence-electron chi connectivity index (χ3n) is 3.18. The van der Waals surface area contributed by atoms with Crippen LogP contribution in [0.3, 0.4) is 0 Å². The Labute approximate surface area is 129 Å². The molecule has 1 aliphatic rings. The highest BCUT2D eigenvalue weighted by Gasteiger charge is 2.34. The smallest absolute Gasteiger partial charge is 0.340 e. The van der Waals surface area contributed by atoms with E-state index >= 15 is 0 Å². The van der Waals surface area contributed by atoms with E-state index in [1.807, 2.05) is 0 Å². The molecular formula is C13H9Cl3N2O2. The first-order valence-corrected chi connectivity index (χ1v) is 7.09. The standard InChI is InChI=1S/C13H9Cl3N2O2/c14-8-4-3-7(5-9(8)15)18-12(16)10(13(19)20)11(17-18)6-1-2-6/h3-6H,1-2H2,(H,19,20). The van der Waals surface area contributed by atoms with E-state index in [1.54, 1.807) is 18.2 Å². The molecule has 1 aliphatic carbocycles. The third kappa shape index (κ3) is 2.28. The van der Waals surface area contributed by atoms with E-state index in [-0.39, 0.29) is 16.6 Å². The molecule has 3 rings (SSSR count). The van der Waals surface area contributed by atoms with Crippen molar-refractivity contribution in [2.75, 3.05) is 0 Å². The highest BCUT2D eigenvalue weighted by molar-refractivity contribution is 6.42. The summed E-state index contributed by atoms with van der Waals surface area (Å²) in [6.45, 7) is 0. The summed E-state index contributed by atoms with van der Waals surface area (Å²) in [5.41, 5.74) is 1.19. The number of aromatic nitrogens is 2. The molecule has 7 heteroatoms. The molecule has 0 atom stereocenters. The second kappa shape index (κ2) is 4.95. The van der Waals surface area contributed by atoms with Crippen LogP contribution in [0, 0.1) is 0 Å². The Kier molecular flexibility index (Phi) is 3.40. The van der Waals surface area contributed by atoms with E-state index in [0.717, 1.165) is 12.8 Å². The van der Waals surface area contributed by atoms with Crippen LogP contribution in [0.15, 0.2) is 18.2 Å². The number of carbonyl (C=O) groups is 1. The Bertz CT molecular complexity index is 708. The zero-order valence-electron chi connectivity index (χ0n) is 10.1. The summed E-state index contributed by atoms with van der Waals surface area (Å²) in [5.74, 6) is -0.883. The van der Waals surface area contributed by atoms with E-state index in [4.69, 9.17) is 34.8 Å². The van der Waals surface area contributed by atoms with Crippen LogP contribution in [-0.2, 0) is 0 Å². The third-order valence-corrected chi connectivity index (χ3v) is 4.27. The molecule has 0 aliphatic heterocycles. The zero-order valence-corrected chi connectivity index (χ0v) is 12.4. The average Bonchev–Trinajstić information content (AvgIpc) is 3.16. The van der Waals surface area contributed by atoms with Crippen molar-refractivity contribution in [1.82, 2.24) is 9.78 Å². The quantitative estimate of drug-likeness (QED) is 0.906. The van der Waals surface area contributed by atoms with Crippen molar-refractivity contribution < 1.29 is 9.90 Å². The molecule has 1 fully saturated rings. The van der Waals surface area contributed by atoms with Crippen LogP contribution >= 0.6 is 34.8 Å². The first-order valence-electron chi connectivity index (χ1n) is 5.96. The molecule has 1 saturated carbocycles. The maximum atomic E-state index is 11.4. The van der Waals surface area contributed by atoms with Gasteiger partial charge in [-0.2, -0.15) is 5.10 Å². The van der Waals surface area contributed by atoms with E-state index in [0.29, 0.717) is 21.4 Å². The molecule has 1 aromatic heterocycles. The van der Waals surface area contributed by atoms with Crippen molar-refractivity contribution >= 4 is 40.8 Å². The van der Waals surface area contributed by atoms with Gasteiger partial charge < -0.3 is 5.11 Å². The topological polar surface area (TPSA) is 55.1 Å². The summed E-state index contributed by atoms with van der Waals surface area (Å²) in [5, 5.41) is 14.5. The minimum Gasteiger partial charge on any atom is -0.478 e. The van der Waals surface area contributed by atoms with Crippen LogP contribution in [0.2, 0.25) is 15.2 Å². The number of aromatic carboxylic acids is 1. The van der Waals surface area contributed by atoms with Gasteiger partial charge in [0.15, 0.2) is 0 Å². The normalized spacial score (nSPS) is 14.6. The van der Waals surface area contributed by atoms with Crippen molar-refractivity contribution in [1.29, 1.82) is 0 Å². The second-order valence-corrected chi connectivity index (χ2v) is 5.81. The maximum absolute atomic E-state index is 11.4. The number of hydrogen-bond acceptors (Lipinski definition) is 2. The molecule has 1 heterocycles. The van der Waals surface area contributed by atoms with Gasteiger partial charge in [0.1, 0.15) is 10.7 Å². The molecule has 0 spiro atoms. The van der Waals surface area contributed by atoms with E-state index < -0.39 is 5.97 Å². The maximum Gasteiger partial charge on any atom is 0.340 e. The molecule has 4 nitrogen and oxygen atoms in total. The average molecular weight is 332 g/mol. The van der Waals surface area contributed by atoms with Crippen molar-refractivity contribution in [2.24, 2.45) is 0 Å². The van der Waals surface area contributed by atoms with Gasteiger partial charge in [0, 0.05) is 5.92 Å². The summed E-state index contributed by atoms with van der Waals surface area (Å²) < 4.78 is 1.39. The first kappa shape index (κ1) is 13.7. The van der Waals surface area contributed by atoms with Crippen LogP contribution < -0.4 is 0 Å². The lowest BCUT2D eigenvalue weighted by Gasteiger charge is -2.04. The number of carboxylic acid groups (broad SMARTS) is 1. The SMILES string of the molecule is O=C(O)c1c(C2CC2)nn(-c2ccc(Cl)c(Cl)c2)c1Cl. The highest BCUT2D eigenvalue weighted by atomic mass is 35.5. The fourth-order valence-corrected chi connectivity index (χ4v) is 2.65. The Hall–Kier alpha value is -1.23. The molecule has 104 valence electrons. The molecule has 0 radical (unpaired) electrons. The highest BCUT2D eigenvalue weighted by Crippen LogP contribution is 2.43. The van der Waals surface area contributed by atoms with Gasteiger partial charge in [-0.1, -0.05) is 34.8 Å². The van der Waals surface area contributed by atoms with E-state index in [2.05, 4.69) is 5.10 Å². The van der Waals surface area contributed by atoms with Crippen LogP contribution in [0.5, 0.6) is 0 Å². The summed E-state index contributed by atoms with van der Waals surface area (Å²) >= 11 is 18.0. The zero-order chi connectivity index (χ0) is 14.4. The Morgan fingerprint density at radius 3 is 2.50 bits per heavy atom. The van der Waals surface area contributed by atoms with Crippen LogP contribution in [0.1, 0.15) is 34.8 Å². The summed E-state index contributed by atoms with van der Waals surface area (Å²) in [7, 11) is 0. The van der Waals surface area contributed by atoms with Crippen LogP contribution in [0.4, 0.5) is 0 Å². The Morgan fingerprint density at radius 1 is 1.25 bits per heavy atom. The number of carboxylic acids is 1. The lowest BCUT2D eigenvalue weighted by Crippen LogP contribution is -2.00. The predicted octanol–water partition coefficient (Wildman–Crippen LogP) is 4.41. The fraction of sp³-hybridized carbons (Fsp3) is 0.231. The summed E-state index contributed by atoms with van der Waals surface area (Å²) in [6.07, 6.45) is 1.88. The first-order chi connectivity index (χ1) is 9.49. The number of nitrogens with zero attached hydrogens (tertiary/aromatic N) is 2. The molecule has 1 aromatic carbocycles. The number of rotatable bonds is 3. The second-order valence-electron chi connectivity index (χ2n) is 4.64. The molecule has 1 N–H and O–H groups in total. The molecule has 0 unspecified atom stereocenters. The number of hydrogen-bond donors (Lipinski definition) is 1. The van der Waals surface area contributed by atoms with Gasteiger partial charge in [0.2, 0.25) is 0 Å². The van der Waals surface area contributed by atoms with Crippen LogP contribution in [0.25, 0.3) is 5.69 Å². The van der Waals surface area contributed by atoms with Crippen molar-refractivity contribution in [3.63, 3.8) is 0 Å². The van der Waals surface area contributed by atoms with Gasteiger partial charge in [-0.3, -0.25) is 0 Å². The van der Waals surface area contributed by atoms with Crippen molar-refractivity contribution in [3.8, 4) is 5.69 Å². The van der Waals surface area contributed by atoms with Crippen molar-refractivity contribution in [2.45, 2.75) is 18.8 Å². The minimum atomic E-state index is -1.07. The Morgan fingerprint density at radius 2 is 1.95 bits per heavy atom. The molecule has 20 heavy (non-hydrogen) atoms. The van der Waals surface area contributed by atoms with Crippen LogP contribution in [-0.4, -0.2) is 20.9 Å². The van der Waals surface area contributed by atoms with Gasteiger partial charge in [-0.15, -0.1) is 0 Å². The van der Waals surface area contributed by atoms with Gasteiger partial charge in [0.05, 0.1) is 21.4 Å². The van der Waals surface area contributed by atoms with E-state index in [9.17, 15) is 9.90 Å². The fourth-order valence-electron chi connectivity index (χ4n) is 2.04. The van der Waals surface area contributed by atoms with Gasteiger partial charge in [-0.25, -0.2) is 9.48 Å². The van der Waals surface area contributed by atoms with Gasteiger partial charge >= 0.3 is 5.97 Å². The predicted molar refractivity (Wildman–Crippen MR) is 77.5 cm³/mol. The minimum absolute atomic E-state index is 0.0697. The van der Waals surface area contributed by atoms with E-state index in [1.165, 1.54) is 4.68 Å².